The van der Waals surface area contributed by atoms with Crippen LogP contribution in [0, 0.1) is 0 Å². The molecule has 0 aliphatic carbocycles. The fourth-order valence-corrected chi connectivity index (χ4v) is 2.03. The number of alkyl halides is 3. The molecule has 0 heterocycles. The zero-order chi connectivity index (χ0) is 17.6. The predicted octanol–water partition coefficient (Wildman–Crippen LogP) is 3.52. The minimum atomic E-state index is -4.58. The fraction of sp³-hybridized carbons (Fsp3) is 0.235. The van der Waals surface area contributed by atoms with Crippen LogP contribution < -0.4 is 14.8 Å². The summed E-state index contributed by atoms with van der Waals surface area (Å²) in [4.78, 5) is 11.9. The lowest BCUT2D eigenvalue weighted by atomic mass is 10.1. The molecule has 1 N–H and O–H groups in total. The number of carbonyl (C=O) groups excluding carboxylic acids is 1. The zero-order valence-electron chi connectivity index (χ0n) is 12.9. The number of carbonyl (C=O) groups is 1. The molecule has 24 heavy (non-hydrogen) atoms. The molecule has 2 rings (SSSR count). The smallest absolute Gasteiger partial charge is 0.417 e. The van der Waals surface area contributed by atoms with Gasteiger partial charge in [0.15, 0.2) is 0 Å². The Morgan fingerprint density at radius 2 is 1.67 bits per heavy atom. The van der Waals surface area contributed by atoms with E-state index in [4.69, 9.17) is 9.47 Å². The summed E-state index contributed by atoms with van der Waals surface area (Å²) < 4.78 is 49.0. The number of nitrogens with one attached hydrogen (secondary N) is 1. The number of ether oxygens (including phenoxy) is 2. The van der Waals surface area contributed by atoms with Crippen LogP contribution in [0.2, 0.25) is 0 Å². The quantitative estimate of drug-likeness (QED) is 0.819. The van der Waals surface area contributed by atoms with Crippen LogP contribution in [0.3, 0.4) is 0 Å². The van der Waals surface area contributed by atoms with E-state index in [2.05, 4.69) is 5.32 Å². The summed E-state index contributed by atoms with van der Waals surface area (Å²) in [6.45, 7) is 0.212. The van der Waals surface area contributed by atoms with Gasteiger partial charge in [0, 0.05) is 0 Å². The molecule has 7 heteroatoms. The van der Waals surface area contributed by atoms with Crippen LogP contribution in [0.1, 0.15) is 15.9 Å². The van der Waals surface area contributed by atoms with Crippen LogP contribution in [0.4, 0.5) is 13.2 Å². The number of rotatable bonds is 6. The Hall–Kier alpha value is -2.70. The maximum Gasteiger partial charge on any atom is 0.417 e. The van der Waals surface area contributed by atoms with Gasteiger partial charge in [-0.3, -0.25) is 4.79 Å². The highest BCUT2D eigenvalue weighted by Gasteiger charge is 2.34. The lowest BCUT2D eigenvalue weighted by Gasteiger charge is -2.13. The van der Waals surface area contributed by atoms with Gasteiger partial charge in [-0.1, -0.05) is 12.1 Å². The molecule has 0 atom stereocenters. The standard InChI is InChI=1S/C17H16F3NO3/c1-23-12-6-8-13(9-7-12)24-11-10-21-16(22)14-4-2-3-5-15(14)17(18,19)20/h2-9H,10-11H2,1H3,(H,21,22). The van der Waals surface area contributed by atoms with Crippen LogP contribution in [0.15, 0.2) is 48.5 Å². The van der Waals surface area contributed by atoms with E-state index in [1.54, 1.807) is 31.4 Å². The summed E-state index contributed by atoms with van der Waals surface area (Å²) in [5.41, 5.74) is -1.37. The molecule has 0 unspecified atom stereocenters. The minimum absolute atomic E-state index is 0.0804. The van der Waals surface area contributed by atoms with E-state index >= 15 is 0 Å². The summed E-state index contributed by atoms with van der Waals surface area (Å²) in [5, 5.41) is 2.42. The van der Waals surface area contributed by atoms with Crippen LogP contribution in [-0.4, -0.2) is 26.2 Å². The van der Waals surface area contributed by atoms with E-state index in [1.807, 2.05) is 0 Å². The number of hydrogen-bond donors (Lipinski definition) is 1. The number of benzene rings is 2. The van der Waals surface area contributed by atoms with Gasteiger partial charge in [0.05, 0.1) is 24.8 Å². The lowest BCUT2D eigenvalue weighted by molar-refractivity contribution is -0.137. The Kier molecular flexibility index (Phi) is 5.68. The first-order chi connectivity index (χ1) is 11.4. The third-order valence-electron chi connectivity index (χ3n) is 3.19. The molecule has 0 saturated carbocycles. The first-order valence-corrected chi connectivity index (χ1v) is 7.13. The SMILES string of the molecule is COc1ccc(OCCNC(=O)c2ccccc2C(F)(F)F)cc1. The van der Waals surface area contributed by atoms with Crippen molar-refractivity contribution in [3.8, 4) is 11.5 Å². The van der Waals surface area contributed by atoms with E-state index in [1.165, 1.54) is 12.1 Å². The first kappa shape index (κ1) is 17.7. The van der Waals surface area contributed by atoms with E-state index < -0.39 is 23.2 Å². The molecule has 0 aromatic heterocycles. The van der Waals surface area contributed by atoms with Gasteiger partial charge in [-0.2, -0.15) is 13.2 Å². The van der Waals surface area contributed by atoms with Crippen molar-refractivity contribution in [2.45, 2.75) is 6.18 Å². The van der Waals surface area contributed by atoms with Crippen molar-refractivity contribution in [3.63, 3.8) is 0 Å². The van der Waals surface area contributed by atoms with E-state index in [-0.39, 0.29) is 13.2 Å². The van der Waals surface area contributed by atoms with E-state index in [0.29, 0.717) is 11.5 Å². The third kappa shape index (κ3) is 4.65. The zero-order valence-corrected chi connectivity index (χ0v) is 12.9. The largest absolute Gasteiger partial charge is 0.497 e. The van der Waals surface area contributed by atoms with Crippen LogP contribution in [0.5, 0.6) is 11.5 Å². The molecule has 0 fully saturated rings. The highest BCUT2D eigenvalue weighted by atomic mass is 19.4. The average Bonchev–Trinajstić information content (AvgIpc) is 2.58. The average molecular weight is 339 g/mol. The Morgan fingerprint density at radius 1 is 1.04 bits per heavy atom. The van der Waals surface area contributed by atoms with E-state index in [0.717, 1.165) is 12.1 Å². The van der Waals surface area contributed by atoms with Crippen molar-refractivity contribution in [1.82, 2.24) is 5.32 Å². The van der Waals surface area contributed by atoms with Gasteiger partial charge in [-0.15, -0.1) is 0 Å². The molecule has 0 aliphatic heterocycles. The number of methoxy groups -OCH3 is 1. The lowest BCUT2D eigenvalue weighted by Crippen LogP contribution is -2.30. The van der Waals surface area contributed by atoms with Crippen LogP contribution in [0.25, 0.3) is 0 Å². The summed E-state index contributed by atoms with van der Waals surface area (Å²) in [6, 6.07) is 11.5. The van der Waals surface area contributed by atoms with Gasteiger partial charge in [0.25, 0.3) is 5.91 Å². The Morgan fingerprint density at radius 3 is 2.29 bits per heavy atom. The molecule has 2 aromatic rings. The molecule has 0 radical (unpaired) electrons. The number of halogens is 3. The van der Waals surface area contributed by atoms with Crippen molar-refractivity contribution in [1.29, 1.82) is 0 Å². The van der Waals surface area contributed by atoms with Crippen LogP contribution in [-0.2, 0) is 6.18 Å². The number of hydrogen-bond acceptors (Lipinski definition) is 3. The Labute approximate surface area is 137 Å². The summed E-state index contributed by atoms with van der Waals surface area (Å²) in [5.74, 6) is 0.460. The Bertz CT molecular complexity index is 684. The van der Waals surface area contributed by atoms with Gasteiger partial charge in [0.1, 0.15) is 18.1 Å². The van der Waals surface area contributed by atoms with Gasteiger partial charge in [0.2, 0.25) is 0 Å². The summed E-state index contributed by atoms with van der Waals surface area (Å²) >= 11 is 0. The monoisotopic (exact) mass is 339 g/mol. The predicted molar refractivity (Wildman–Crippen MR) is 82.3 cm³/mol. The molecular formula is C17H16F3NO3. The normalized spacial score (nSPS) is 11.0. The molecule has 4 nitrogen and oxygen atoms in total. The molecular weight excluding hydrogens is 323 g/mol. The fourth-order valence-electron chi connectivity index (χ4n) is 2.03. The number of amides is 1. The van der Waals surface area contributed by atoms with Gasteiger partial charge < -0.3 is 14.8 Å². The first-order valence-electron chi connectivity index (χ1n) is 7.13. The Balaban J connectivity index is 1.87. The van der Waals surface area contributed by atoms with Crippen molar-refractivity contribution in [2.24, 2.45) is 0 Å². The molecule has 0 aliphatic rings. The maximum absolute atomic E-state index is 12.9. The topological polar surface area (TPSA) is 47.6 Å². The summed E-state index contributed by atoms with van der Waals surface area (Å²) in [7, 11) is 1.55. The molecule has 0 spiro atoms. The van der Waals surface area contributed by atoms with Crippen molar-refractivity contribution >= 4 is 5.91 Å². The second-order valence-electron chi connectivity index (χ2n) is 4.82. The van der Waals surface area contributed by atoms with Gasteiger partial charge in [-0.25, -0.2) is 0 Å². The molecule has 128 valence electrons. The third-order valence-corrected chi connectivity index (χ3v) is 3.19. The second kappa shape index (κ2) is 7.72. The highest BCUT2D eigenvalue weighted by molar-refractivity contribution is 5.95. The van der Waals surface area contributed by atoms with Crippen molar-refractivity contribution < 1.29 is 27.4 Å². The molecule has 2 aromatic carbocycles. The minimum Gasteiger partial charge on any atom is -0.497 e. The molecule has 1 amide bonds. The summed E-state index contributed by atoms with van der Waals surface area (Å²) in [6.07, 6.45) is -4.58. The second-order valence-corrected chi connectivity index (χ2v) is 4.82. The van der Waals surface area contributed by atoms with Gasteiger partial charge in [-0.05, 0) is 36.4 Å². The molecule has 0 bridgehead atoms. The van der Waals surface area contributed by atoms with Crippen molar-refractivity contribution in [3.05, 3.63) is 59.7 Å². The highest BCUT2D eigenvalue weighted by Crippen LogP contribution is 2.31. The molecule has 0 saturated heterocycles. The van der Waals surface area contributed by atoms with Crippen LogP contribution >= 0.6 is 0 Å². The van der Waals surface area contributed by atoms with Crippen molar-refractivity contribution in [2.75, 3.05) is 20.3 Å². The van der Waals surface area contributed by atoms with Gasteiger partial charge >= 0.3 is 6.18 Å². The van der Waals surface area contributed by atoms with E-state index in [9.17, 15) is 18.0 Å². The maximum atomic E-state index is 12.9.